The van der Waals surface area contributed by atoms with E-state index in [2.05, 4.69) is 5.32 Å². The molecule has 2 aromatic rings. The van der Waals surface area contributed by atoms with Crippen molar-refractivity contribution in [2.75, 3.05) is 17.3 Å². The molecule has 92 valence electrons. The van der Waals surface area contributed by atoms with Crippen molar-refractivity contribution in [1.82, 2.24) is 0 Å². The summed E-state index contributed by atoms with van der Waals surface area (Å²) in [5.41, 5.74) is 1.35. The summed E-state index contributed by atoms with van der Waals surface area (Å²) in [5, 5.41) is 2.69. The SMILES string of the molecule is CN(C(=O)Nc1ccc(F)cc1)c1ccccc1. The molecule has 2 rings (SSSR count). The zero-order chi connectivity index (χ0) is 13.0. The summed E-state index contributed by atoms with van der Waals surface area (Å²) < 4.78 is 12.7. The van der Waals surface area contributed by atoms with Crippen LogP contribution in [0.4, 0.5) is 20.6 Å². The Bertz CT molecular complexity index is 525. The van der Waals surface area contributed by atoms with Gasteiger partial charge in [0.25, 0.3) is 0 Å². The van der Waals surface area contributed by atoms with Crippen LogP contribution >= 0.6 is 0 Å². The summed E-state index contributed by atoms with van der Waals surface area (Å²) in [6.45, 7) is 0. The summed E-state index contributed by atoms with van der Waals surface area (Å²) in [6, 6.07) is 14.7. The van der Waals surface area contributed by atoms with Gasteiger partial charge in [0, 0.05) is 18.4 Å². The molecule has 0 fully saturated rings. The Balaban J connectivity index is 2.06. The molecule has 0 saturated heterocycles. The van der Waals surface area contributed by atoms with Crippen LogP contribution in [0.3, 0.4) is 0 Å². The molecule has 4 heteroatoms. The third-order valence-electron chi connectivity index (χ3n) is 2.54. The fourth-order valence-corrected chi connectivity index (χ4v) is 1.51. The van der Waals surface area contributed by atoms with Gasteiger partial charge in [-0.2, -0.15) is 0 Å². The first-order valence-corrected chi connectivity index (χ1v) is 5.52. The number of amides is 2. The van der Waals surface area contributed by atoms with Gasteiger partial charge in [0.1, 0.15) is 5.82 Å². The maximum atomic E-state index is 12.7. The van der Waals surface area contributed by atoms with Gasteiger partial charge in [-0.25, -0.2) is 9.18 Å². The lowest BCUT2D eigenvalue weighted by Gasteiger charge is -2.17. The van der Waals surface area contributed by atoms with Crippen LogP contribution in [-0.4, -0.2) is 13.1 Å². The molecule has 0 spiro atoms. The number of anilines is 2. The molecule has 0 aliphatic heterocycles. The largest absolute Gasteiger partial charge is 0.326 e. The van der Waals surface area contributed by atoms with E-state index in [0.29, 0.717) is 5.69 Å². The molecule has 18 heavy (non-hydrogen) atoms. The van der Waals surface area contributed by atoms with Crippen LogP contribution in [0, 0.1) is 5.82 Å². The highest BCUT2D eigenvalue weighted by atomic mass is 19.1. The van der Waals surface area contributed by atoms with E-state index < -0.39 is 0 Å². The molecule has 0 aliphatic rings. The maximum absolute atomic E-state index is 12.7. The highest BCUT2D eigenvalue weighted by molar-refractivity contribution is 6.01. The van der Waals surface area contributed by atoms with E-state index in [9.17, 15) is 9.18 Å². The number of hydrogen-bond acceptors (Lipinski definition) is 1. The van der Waals surface area contributed by atoms with Gasteiger partial charge in [-0.3, -0.25) is 4.90 Å². The lowest BCUT2D eigenvalue weighted by molar-refractivity contribution is 0.258. The minimum absolute atomic E-state index is 0.271. The molecule has 3 nitrogen and oxygen atoms in total. The first kappa shape index (κ1) is 12.1. The van der Waals surface area contributed by atoms with Crippen LogP contribution < -0.4 is 10.2 Å². The van der Waals surface area contributed by atoms with E-state index in [0.717, 1.165) is 5.69 Å². The van der Waals surface area contributed by atoms with Crippen molar-refractivity contribution in [1.29, 1.82) is 0 Å². The van der Waals surface area contributed by atoms with Gasteiger partial charge in [0.05, 0.1) is 0 Å². The molecule has 1 N–H and O–H groups in total. The van der Waals surface area contributed by atoms with E-state index in [4.69, 9.17) is 0 Å². The second kappa shape index (κ2) is 5.31. The Hall–Kier alpha value is -2.36. The van der Waals surface area contributed by atoms with Gasteiger partial charge in [0.2, 0.25) is 0 Å². The predicted molar refractivity (Wildman–Crippen MR) is 70.3 cm³/mol. The summed E-state index contributed by atoms with van der Waals surface area (Å²) in [7, 11) is 1.67. The van der Waals surface area contributed by atoms with E-state index in [1.54, 1.807) is 7.05 Å². The summed E-state index contributed by atoms with van der Waals surface area (Å²) >= 11 is 0. The smallest absolute Gasteiger partial charge is 0.308 e. The number of benzene rings is 2. The third kappa shape index (κ3) is 2.85. The Morgan fingerprint density at radius 2 is 1.67 bits per heavy atom. The van der Waals surface area contributed by atoms with Gasteiger partial charge in [-0.05, 0) is 36.4 Å². The van der Waals surface area contributed by atoms with Gasteiger partial charge in [0.15, 0.2) is 0 Å². The highest BCUT2D eigenvalue weighted by Crippen LogP contribution is 2.14. The fourth-order valence-electron chi connectivity index (χ4n) is 1.51. The van der Waals surface area contributed by atoms with Crippen molar-refractivity contribution in [3.63, 3.8) is 0 Å². The first-order valence-electron chi connectivity index (χ1n) is 5.52. The molecule has 0 radical (unpaired) electrons. The van der Waals surface area contributed by atoms with Gasteiger partial charge >= 0.3 is 6.03 Å². The third-order valence-corrected chi connectivity index (χ3v) is 2.54. The predicted octanol–water partition coefficient (Wildman–Crippen LogP) is 3.49. The van der Waals surface area contributed by atoms with Crippen LogP contribution in [0.1, 0.15) is 0 Å². The number of carbonyl (C=O) groups is 1. The molecule has 0 bridgehead atoms. The molecular formula is C14H13FN2O. The Morgan fingerprint density at radius 3 is 2.28 bits per heavy atom. The van der Waals surface area contributed by atoms with Crippen molar-refractivity contribution in [2.45, 2.75) is 0 Å². The second-order valence-electron chi connectivity index (χ2n) is 3.83. The molecule has 0 unspecified atom stereocenters. The highest BCUT2D eigenvalue weighted by Gasteiger charge is 2.10. The van der Waals surface area contributed by atoms with Gasteiger partial charge in [-0.15, -0.1) is 0 Å². The Kier molecular flexibility index (Phi) is 3.57. The van der Waals surface area contributed by atoms with E-state index in [1.165, 1.54) is 29.2 Å². The minimum atomic E-state index is -0.329. The van der Waals surface area contributed by atoms with Gasteiger partial charge < -0.3 is 5.32 Å². The number of hydrogen-bond donors (Lipinski definition) is 1. The fraction of sp³-hybridized carbons (Fsp3) is 0.0714. The van der Waals surface area contributed by atoms with Crippen molar-refractivity contribution in [3.8, 4) is 0 Å². The summed E-state index contributed by atoms with van der Waals surface area (Å²) in [4.78, 5) is 13.4. The van der Waals surface area contributed by atoms with Crippen LogP contribution in [0.5, 0.6) is 0 Å². The summed E-state index contributed by atoms with van der Waals surface area (Å²) in [5.74, 6) is -0.329. The molecular weight excluding hydrogens is 231 g/mol. The molecule has 0 heterocycles. The number of carbonyl (C=O) groups excluding carboxylic acids is 1. The standard InChI is InChI=1S/C14H13FN2O/c1-17(13-5-3-2-4-6-13)14(18)16-12-9-7-11(15)8-10-12/h2-10H,1H3,(H,16,18). The van der Waals surface area contributed by atoms with Crippen LogP contribution in [0.15, 0.2) is 54.6 Å². The van der Waals surface area contributed by atoms with Crippen LogP contribution in [0.25, 0.3) is 0 Å². The topological polar surface area (TPSA) is 32.3 Å². The zero-order valence-electron chi connectivity index (χ0n) is 9.93. The molecule has 2 amide bonds. The Morgan fingerprint density at radius 1 is 1.06 bits per heavy atom. The molecule has 0 aromatic heterocycles. The minimum Gasteiger partial charge on any atom is -0.308 e. The average molecular weight is 244 g/mol. The molecule has 0 saturated carbocycles. The first-order chi connectivity index (χ1) is 8.66. The number of urea groups is 1. The van der Waals surface area contributed by atoms with E-state index in [-0.39, 0.29) is 11.8 Å². The lowest BCUT2D eigenvalue weighted by atomic mass is 10.3. The van der Waals surface area contributed by atoms with Crippen molar-refractivity contribution in [3.05, 3.63) is 60.4 Å². The lowest BCUT2D eigenvalue weighted by Crippen LogP contribution is -2.31. The van der Waals surface area contributed by atoms with Crippen molar-refractivity contribution < 1.29 is 9.18 Å². The number of para-hydroxylation sites is 1. The van der Waals surface area contributed by atoms with Crippen molar-refractivity contribution in [2.24, 2.45) is 0 Å². The van der Waals surface area contributed by atoms with E-state index >= 15 is 0 Å². The number of nitrogens with one attached hydrogen (secondary N) is 1. The second-order valence-corrected chi connectivity index (χ2v) is 3.83. The normalized spacial score (nSPS) is 9.89. The number of halogens is 1. The number of nitrogens with zero attached hydrogens (tertiary/aromatic N) is 1. The van der Waals surface area contributed by atoms with Crippen molar-refractivity contribution >= 4 is 17.4 Å². The van der Waals surface area contributed by atoms with Crippen LogP contribution in [0.2, 0.25) is 0 Å². The molecule has 2 aromatic carbocycles. The van der Waals surface area contributed by atoms with Crippen LogP contribution in [-0.2, 0) is 0 Å². The quantitative estimate of drug-likeness (QED) is 0.861. The maximum Gasteiger partial charge on any atom is 0.326 e. The summed E-state index contributed by atoms with van der Waals surface area (Å²) in [6.07, 6.45) is 0. The van der Waals surface area contributed by atoms with E-state index in [1.807, 2.05) is 30.3 Å². The average Bonchev–Trinajstić information content (AvgIpc) is 2.41. The van der Waals surface area contributed by atoms with Gasteiger partial charge in [-0.1, -0.05) is 18.2 Å². The zero-order valence-corrected chi connectivity index (χ0v) is 9.93. The Labute approximate surface area is 105 Å². The molecule has 0 aliphatic carbocycles. The number of rotatable bonds is 2. The monoisotopic (exact) mass is 244 g/mol. The molecule has 0 atom stereocenters.